The van der Waals surface area contributed by atoms with E-state index in [-0.39, 0.29) is 5.82 Å². The number of piperidine rings is 1. The summed E-state index contributed by atoms with van der Waals surface area (Å²) < 4.78 is 19.0. The van der Waals surface area contributed by atoms with Crippen molar-refractivity contribution in [3.63, 3.8) is 0 Å². The number of halogens is 2. The van der Waals surface area contributed by atoms with Gasteiger partial charge in [0.15, 0.2) is 5.96 Å². The normalized spacial score (nSPS) is 16.5. The standard InChI is InChI=1S/C20H32ClFN4O/c1-3-23-20(24-11-8-17-18(21)6-4-7-19(17)22)25-16-9-13-26(14-10-16)12-5-15-27-2/h4,6-7,16H,3,5,8-15H2,1-2H3,(H2,23,24,25). The maximum Gasteiger partial charge on any atom is 0.191 e. The zero-order valence-corrected chi connectivity index (χ0v) is 17.2. The molecule has 0 spiro atoms. The van der Waals surface area contributed by atoms with Crippen molar-refractivity contribution in [1.82, 2.24) is 15.5 Å². The highest BCUT2D eigenvalue weighted by Crippen LogP contribution is 2.19. The zero-order valence-electron chi connectivity index (χ0n) is 16.4. The van der Waals surface area contributed by atoms with Crippen LogP contribution < -0.4 is 10.6 Å². The van der Waals surface area contributed by atoms with Gasteiger partial charge < -0.3 is 20.3 Å². The third-order valence-electron chi connectivity index (χ3n) is 4.79. The summed E-state index contributed by atoms with van der Waals surface area (Å²) in [4.78, 5) is 7.09. The van der Waals surface area contributed by atoms with Crippen LogP contribution in [0.25, 0.3) is 0 Å². The average molecular weight is 399 g/mol. The third kappa shape index (κ3) is 7.64. The number of nitrogens with zero attached hydrogens (tertiary/aromatic N) is 2. The van der Waals surface area contributed by atoms with Crippen LogP contribution in [0.15, 0.2) is 23.2 Å². The molecule has 0 unspecified atom stereocenters. The third-order valence-corrected chi connectivity index (χ3v) is 5.14. The molecule has 1 heterocycles. The van der Waals surface area contributed by atoms with Crippen molar-refractivity contribution in [2.75, 3.05) is 46.4 Å². The highest BCUT2D eigenvalue weighted by molar-refractivity contribution is 6.31. The van der Waals surface area contributed by atoms with Crippen LogP contribution in [-0.2, 0) is 11.2 Å². The summed E-state index contributed by atoms with van der Waals surface area (Å²) in [7, 11) is 1.75. The number of likely N-dealkylation sites (tertiary alicyclic amines) is 1. The number of rotatable bonds is 9. The topological polar surface area (TPSA) is 48.9 Å². The van der Waals surface area contributed by atoms with Crippen LogP contribution in [0.5, 0.6) is 0 Å². The molecular formula is C20H32ClFN4O. The Morgan fingerprint density at radius 3 is 2.81 bits per heavy atom. The van der Waals surface area contributed by atoms with Crippen LogP contribution in [0.4, 0.5) is 4.39 Å². The van der Waals surface area contributed by atoms with Crippen molar-refractivity contribution in [1.29, 1.82) is 0 Å². The van der Waals surface area contributed by atoms with Crippen LogP contribution >= 0.6 is 11.6 Å². The van der Waals surface area contributed by atoms with Crippen molar-refractivity contribution >= 4 is 17.6 Å². The number of nitrogens with one attached hydrogen (secondary N) is 2. The molecule has 1 saturated heterocycles. The Bertz CT molecular complexity index is 571. The number of ether oxygens (including phenoxy) is 1. The van der Waals surface area contributed by atoms with Crippen molar-refractivity contribution < 1.29 is 9.13 Å². The number of hydrogen-bond acceptors (Lipinski definition) is 3. The summed E-state index contributed by atoms with van der Waals surface area (Å²) in [6.45, 7) is 7.42. The highest BCUT2D eigenvalue weighted by Gasteiger charge is 2.19. The molecule has 1 aliphatic heterocycles. The van der Waals surface area contributed by atoms with E-state index < -0.39 is 0 Å². The van der Waals surface area contributed by atoms with E-state index in [1.807, 2.05) is 6.92 Å². The average Bonchev–Trinajstić information content (AvgIpc) is 2.66. The molecular weight excluding hydrogens is 367 g/mol. The van der Waals surface area contributed by atoms with E-state index in [2.05, 4.69) is 20.5 Å². The van der Waals surface area contributed by atoms with Crippen molar-refractivity contribution in [3.05, 3.63) is 34.6 Å². The molecule has 5 nitrogen and oxygen atoms in total. The maximum absolute atomic E-state index is 13.9. The minimum atomic E-state index is -0.267. The second-order valence-electron chi connectivity index (χ2n) is 6.82. The van der Waals surface area contributed by atoms with Gasteiger partial charge in [0, 0.05) is 63.1 Å². The molecule has 1 aromatic rings. The Kier molecular flexibility index (Phi) is 9.87. The lowest BCUT2D eigenvalue weighted by Crippen LogP contribution is -2.49. The molecule has 27 heavy (non-hydrogen) atoms. The molecule has 1 aliphatic rings. The summed E-state index contributed by atoms with van der Waals surface area (Å²) in [6.07, 6.45) is 3.75. The lowest BCUT2D eigenvalue weighted by Gasteiger charge is -2.33. The smallest absolute Gasteiger partial charge is 0.191 e. The van der Waals surface area contributed by atoms with Crippen LogP contribution in [-0.4, -0.2) is 63.3 Å². The monoisotopic (exact) mass is 398 g/mol. The first-order valence-corrected chi connectivity index (χ1v) is 10.2. The first-order chi connectivity index (χ1) is 13.1. The first-order valence-electron chi connectivity index (χ1n) is 9.83. The Morgan fingerprint density at radius 2 is 2.15 bits per heavy atom. The van der Waals surface area contributed by atoms with Crippen LogP contribution in [0.1, 0.15) is 31.7 Å². The quantitative estimate of drug-likeness (QED) is 0.381. The predicted octanol–water partition coefficient (Wildman–Crippen LogP) is 3.08. The van der Waals surface area contributed by atoms with Gasteiger partial charge in [-0.1, -0.05) is 17.7 Å². The Morgan fingerprint density at radius 1 is 1.37 bits per heavy atom. The van der Waals surface area contributed by atoms with Gasteiger partial charge in [0.25, 0.3) is 0 Å². The molecule has 0 amide bonds. The van der Waals surface area contributed by atoms with Gasteiger partial charge in [-0.25, -0.2) is 4.39 Å². The second kappa shape index (κ2) is 12.2. The molecule has 152 valence electrons. The molecule has 7 heteroatoms. The molecule has 2 rings (SSSR count). The summed E-state index contributed by atoms with van der Waals surface area (Å²) in [6, 6.07) is 5.19. The number of aliphatic imine (C=N–C) groups is 1. The van der Waals surface area contributed by atoms with Crippen molar-refractivity contribution in [2.45, 2.75) is 38.6 Å². The van der Waals surface area contributed by atoms with Crippen LogP contribution in [0.2, 0.25) is 5.02 Å². The molecule has 0 radical (unpaired) electrons. The molecule has 0 bridgehead atoms. The fourth-order valence-electron chi connectivity index (χ4n) is 3.30. The maximum atomic E-state index is 13.9. The highest BCUT2D eigenvalue weighted by atomic mass is 35.5. The summed E-state index contributed by atoms with van der Waals surface area (Å²) >= 11 is 6.09. The molecule has 1 fully saturated rings. The Balaban J connectivity index is 1.80. The Hall–Kier alpha value is -1.37. The number of hydrogen-bond donors (Lipinski definition) is 2. The summed E-state index contributed by atoms with van der Waals surface area (Å²) in [5.74, 6) is 0.527. The van der Waals surface area contributed by atoms with Crippen LogP contribution in [0.3, 0.4) is 0 Å². The number of guanidine groups is 1. The van der Waals surface area contributed by atoms with Gasteiger partial charge in [0.05, 0.1) is 0 Å². The van der Waals surface area contributed by atoms with Gasteiger partial charge >= 0.3 is 0 Å². The van der Waals surface area contributed by atoms with Gasteiger partial charge in [-0.3, -0.25) is 4.99 Å². The number of benzene rings is 1. The summed E-state index contributed by atoms with van der Waals surface area (Å²) in [5, 5.41) is 7.26. The number of methoxy groups -OCH3 is 1. The van der Waals surface area contributed by atoms with Gasteiger partial charge in [-0.05, 0) is 44.7 Å². The first kappa shape index (κ1) is 21.9. The molecule has 0 saturated carbocycles. The molecule has 0 aliphatic carbocycles. The fraction of sp³-hybridized carbons (Fsp3) is 0.650. The van der Waals surface area contributed by atoms with Crippen molar-refractivity contribution in [2.24, 2.45) is 4.99 Å². The van der Waals surface area contributed by atoms with Gasteiger partial charge in [-0.15, -0.1) is 0 Å². The lowest BCUT2D eigenvalue weighted by atomic mass is 10.1. The van der Waals surface area contributed by atoms with E-state index >= 15 is 0 Å². The molecule has 1 aromatic carbocycles. The van der Waals surface area contributed by atoms with E-state index in [0.29, 0.717) is 29.6 Å². The SMILES string of the molecule is CCNC(=NCCc1c(F)cccc1Cl)NC1CCN(CCCOC)CC1. The van der Waals surface area contributed by atoms with Crippen molar-refractivity contribution in [3.8, 4) is 0 Å². The van der Waals surface area contributed by atoms with E-state index in [0.717, 1.165) is 58.0 Å². The lowest BCUT2D eigenvalue weighted by molar-refractivity contribution is 0.155. The summed E-state index contributed by atoms with van der Waals surface area (Å²) in [5.41, 5.74) is 0.531. The molecule has 0 atom stereocenters. The molecule has 0 aromatic heterocycles. The van der Waals surface area contributed by atoms with Crippen LogP contribution in [0, 0.1) is 5.82 Å². The van der Waals surface area contributed by atoms with Gasteiger partial charge in [0.1, 0.15) is 5.82 Å². The van der Waals surface area contributed by atoms with Gasteiger partial charge in [0.2, 0.25) is 0 Å². The minimum Gasteiger partial charge on any atom is -0.385 e. The van der Waals surface area contributed by atoms with E-state index in [1.54, 1.807) is 19.2 Å². The fourth-order valence-corrected chi connectivity index (χ4v) is 3.55. The van der Waals surface area contributed by atoms with Gasteiger partial charge in [-0.2, -0.15) is 0 Å². The molecule has 2 N–H and O–H groups in total. The minimum absolute atomic E-state index is 0.267. The second-order valence-corrected chi connectivity index (χ2v) is 7.22. The zero-order chi connectivity index (χ0) is 19.5. The predicted molar refractivity (Wildman–Crippen MR) is 110 cm³/mol. The van der Waals surface area contributed by atoms with E-state index in [4.69, 9.17) is 16.3 Å². The largest absolute Gasteiger partial charge is 0.385 e. The van der Waals surface area contributed by atoms with E-state index in [9.17, 15) is 4.39 Å². The van der Waals surface area contributed by atoms with E-state index in [1.165, 1.54) is 6.07 Å². The Labute approximate surface area is 167 Å².